The second-order valence-electron chi connectivity index (χ2n) is 4.87. The van der Waals surface area contributed by atoms with Crippen LogP contribution in [0.2, 0.25) is 0 Å². The van der Waals surface area contributed by atoms with Crippen molar-refractivity contribution in [1.29, 1.82) is 0 Å². The standard InChI is InChI=1S/C15H20FN5/c1-3-6-12-14(20-17)18-10-19-15(12)21(2)9-11-7-4-5-8-13(11)16/h4-5,7-8,10H,3,6,9,17H2,1-2H3,(H,18,19,20). The van der Waals surface area contributed by atoms with Crippen molar-refractivity contribution in [2.45, 2.75) is 26.3 Å². The second kappa shape index (κ2) is 6.99. The van der Waals surface area contributed by atoms with Gasteiger partial charge in [-0.15, -0.1) is 0 Å². The third kappa shape index (κ3) is 3.46. The predicted molar refractivity (Wildman–Crippen MR) is 82.3 cm³/mol. The van der Waals surface area contributed by atoms with Crippen LogP contribution in [0.25, 0.3) is 0 Å². The van der Waals surface area contributed by atoms with E-state index in [1.807, 2.05) is 18.0 Å². The van der Waals surface area contributed by atoms with Gasteiger partial charge in [0.05, 0.1) is 0 Å². The lowest BCUT2D eigenvalue weighted by Gasteiger charge is -2.22. The highest BCUT2D eigenvalue weighted by molar-refractivity contribution is 5.58. The Kier molecular flexibility index (Phi) is 5.05. The molecule has 2 aromatic rings. The average molecular weight is 289 g/mol. The minimum Gasteiger partial charge on any atom is -0.355 e. The molecule has 0 fully saturated rings. The lowest BCUT2D eigenvalue weighted by atomic mass is 10.1. The van der Waals surface area contributed by atoms with Crippen LogP contribution < -0.4 is 16.2 Å². The zero-order chi connectivity index (χ0) is 15.2. The van der Waals surface area contributed by atoms with Crippen molar-refractivity contribution in [3.63, 3.8) is 0 Å². The van der Waals surface area contributed by atoms with Crippen molar-refractivity contribution in [3.05, 3.63) is 47.5 Å². The van der Waals surface area contributed by atoms with Gasteiger partial charge in [-0.3, -0.25) is 0 Å². The number of nitrogens with two attached hydrogens (primary N) is 1. The van der Waals surface area contributed by atoms with Gasteiger partial charge >= 0.3 is 0 Å². The molecule has 0 amide bonds. The summed E-state index contributed by atoms with van der Waals surface area (Å²) in [5, 5.41) is 0. The highest BCUT2D eigenvalue weighted by Gasteiger charge is 2.15. The van der Waals surface area contributed by atoms with Gasteiger partial charge in [-0.25, -0.2) is 20.2 Å². The molecule has 1 aromatic heterocycles. The molecule has 5 nitrogen and oxygen atoms in total. The van der Waals surface area contributed by atoms with Gasteiger partial charge in [0.2, 0.25) is 0 Å². The lowest BCUT2D eigenvalue weighted by molar-refractivity contribution is 0.607. The maximum Gasteiger partial charge on any atom is 0.148 e. The molecule has 0 aliphatic carbocycles. The number of hydrogen-bond donors (Lipinski definition) is 2. The highest BCUT2D eigenvalue weighted by Crippen LogP contribution is 2.25. The van der Waals surface area contributed by atoms with Crippen LogP contribution in [0.5, 0.6) is 0 Å². The van der Waals surface area contributed by atoms with E-state index in [1.54, 1.807) is 12.1 Å². The van der Waals surface area contributed by atoms with E-state index in [0.29, 0.717) is 17.9 Å². The fraction of sp³-hybridized carbons (Fsp3) is 0.333. The van der Waals surface area contributed by atoms with Crippen molar-refractivity contribution in [2.24, 2.45) is 5.84 Å². The molecular weight excluding hydrogens is 269 g/mol. The molecule has 0 spiro atoms. The van der Waals surface area contributed by atoms with Crippen molar-refractivity contribution in [3.8, 4) is 0 Å². The number of anilines is 2. The molecule has 0 atom stereocenters. The number of nitrogens with one attached hydrogen (secondary N) is 1. The first kappa shape index (κ1) is 15.2. The van der Waals surface area contributed by atoms with E-state index < -0.39 is 0 Å². The first-order chi connectivity index (χ1) is 10.2. The smallest absolute Gasteiger partial charge is 0.148 e. The van der Waals surface area contributed by atoms with E-state index in [-0.39, 0.29) is 5.82 Å². The summed E-state index contributed by atoms with van der Waals surface area (Å²) in [5.41, 5.74) is 4.17. The molecule has 0 saturated heterocycles. The van der Waals surface area contributed by atoms with Gasteiger partial charge in [0.25, 0.3) is 0 Å². The van der Waals surface area contributed by atoms with Crippen LogP contribution in [0, 0.1) is 5.82 Å². The van der Waals surface area contributed by atoms with Crippen molar-refractivity contribution in [2.75, 3.05) is 17.4 Å². The Morgan fingerprint density at radius 2 is 2.05 bits per heavy atom. The molecule has 1 aromatic carbocycles. The summed E-state index contributed by atoms with van der Waals surface area (Å²) in [7, 11) is 1.88. The summed E-state index contributed by atoms with van der Waals surface area (Å²) in [6.45, 7) is 2.51. The Morgan fingerprint density at radius 3 is 2.71 bits per heavy atom. The molecule has 0 radical (unpaired) electrons. The number of benzene rings is 1. The summed E-state index contributed by atoms with van der Waals surface area (Å²) in [6, 6.07) is 6.74. The number of nitrogens with zero attached hydrogens (tertiary/aromatic N) is 3. The summed E-state index contributed by atoms with van der Waals surface area (Å²) in [5.74, 6) is 6.67. The number of hydrogen-bond acceptors (Lipinski definition) is 5. The minimum absolute atomic E-state index is 0.215. The number of hydrazine groups is 1. The molecule has 0 unspecified atom stereocenters. The van der Waals surface area contributed by atoms with Crippen LogP contribution in [0.4, 0.5) is 16.0 Å². The Balaban J connectivity index is 2.30. The fourth-order valence-electron chi connectivity index (χ4n) is 2.29. The van der Waals surface area contributed by atoms with Gasteiger partial charge in [-0.1, -0.05) is 31.5 Å². The maximum absolute atomic E-state index is 13.8. The zero-order valence-electron chi connectivity index (χ0n) is 12.3. The number of nitrogen functional groups attached to an aromatic ring is 1. The highest BCUT2D eigenvalue weighted by atomic mass is 19.1. The summed E-state index contributed by atoms with van der Waals surface area (Å²) < 4.78 is 13.8. The van der Waals surface area contributed by atoms with Gasteiger partial charge < -0.3 is 10.3 Å². The van der Waals surface area contributed by atoms with Crippen molar-refractivity contribution in [1.82, 2.24) is 9.97 Å². The monoisotopic (exact) mass is 289 g/mol. The lowest BCUT2D eigenvalue weighted by Crippen LogP contribution is -2.22. The van der Waals surface area contributed by atoms with Gasteiger partial charge in [0, 0.05) is 24.7 Å². The summed E-state index contributed by atoms with van der Waals surface area (Å²) in [4.78, 5) is 10.4. The summed E-state index contributed by atoms with van der Waals surface area (Å²) >= 11 is 0. The minimum atomic E-state index is -0.215. The molecule has 3 N–H and O–H groups in total. The Bertz CT molecular complexity index is 602. The molecule has 112 valence electrons. The molecular formula is C15H20FN5. The predicted octanol–water partition coefficient (Wildman–Crippen LogP) is 2.49. The SMILES string of the molecule is CCCc1c(NN)ncnc1N(C)Cc1ccccc1F. The molecule has 6 heteroatoms. The molecule has 0 saturated carbocycles. The molecule has 1 heterocycles. The Morgan fingerprint density at radius 1 is 1.29 bits per heavy atom. The molecule has 2 rings (SSSR count). The molecule has 0 aliphatic rings. The number of aromatic nitrogens is 2. The Hall–Kier alpha value is -2.21. The largest absolute Gasteiger partial charge is 0.355 e. The number of rotatable bonds is 6. The quantitative estimate of drug-likeness (QED) is 0.632. The first-order valence-corrected chi connectivity index (χ1v) is 6.92. The summed E-state index contributed by atoms with van der Waals surface area (Å²) in [6.07, 6.45) is 3.21. The van der Waals surface area contributed by atoms with E-state index in [1.165, 1.54) is 12.4 Å². The Labute approximate surface area is 124 Å². The average Bonchev–Trinajstić information content (AvgIpc) is 2.50. The number of halogens is 1. The van der Waals surface area contributed by atoms with Crippen molar-refractivity contribution >= 4 is 11.6 Å². The van der Waals surface area contributed by atoms with Gasteiger partial charge in [0.15, 0.2) is 0 Å². The topological polar surface area (TPSA) is 67.1 Å². The normalized spacial score (nSPS) is 10.5. The van der Waals surface area contributed by atoms with E-state index >= 15 is 0 Å². The second-order valence-corrected chi connectivity index (χ2v) is 4.87. The third-order valence-corrected chi connectivity index (χ3v) is 3.29. The van der Waals surface area contributed by atoms with Gasteiger partial charge in [-0.05, 0) is 12.5 Å². The van der Waals surface area contributed by atoms with Crippen LogP contribution in [-0.4, -0.2) is 17.0 Å². The van der Waals surface area contributed by atoms with E-state index in [0.717, 1.165) is 24.2 Å². The van der Waals surface area contributed by atoms with Crippen LogP contribution in [0.1, 0.15) is 24.5 Å². The first-order valence-electron chi connectivity index (χ1n) is 6.92. The molecule has 21 heavy (non-hydrogen) atoms. The zero-order valence-corrected chi connectivity index (χ0v) is 12.3. The van der Waals surface area contributed by atoms with Crippen molar-refractivity contribution < 1.29 is 4.39 Å². The van der Waals surface area contributed by atoms with Crippen LogP contribution in [0.3, 0.4) is 0 Å². The van der Waals surface area contributed by atoms with Crippen LogP contribution in [0.15, 0.2) is 30.6 Å². The van der Waals surface area contributed by atoms with E-state index in [2.05, 4.69) is 22.3 Å². The van der Waals surface area contributed by atoms with Gasteiger partial charge in [-0.2, -0.15) is 0 Å². The molecule has 0 bridgehead atoms. The maximum atomic E-state index is 13.8. The van der Waals surface area contributed by atoms with Crippen LogP contribution >= 0.6 is 0 Å². The fourth-order valence-corrected chi connectivity index (χ4v) is 2.29. The van der Waals surface area contributed by atoms with Crippen LogP contribution in [-0.2, 0) is 13.0 Å². The third-order valence-electron chi connectivity index (χ3n) is 3.29. The van der Waals surface area contributed by atoms with E-state index in [9.17, 15) is 4.39 Å². The molecule has 0 aliphatic heterocycles. The van der Waals surface area contributed by atoms with E-state index in [4.69, 9.17) is 5.84 Å². The van der Waals surface area contributed by atoms with Gasteiger partial charge in [0.1, 0.15) is 23.8 Å².